The third-order valence-corrected chi connectivity index (χ3v) is 8.87. The van der Waals surface area contributed by atoms with E-state index in [0.717, 1.165) is 18.4 Å². The molecule has 2 aromatic carbocycles. The van der Waals surface area contributed by atoms with Crippen LogP contribution in [0.25, 0.3) is 5.76 Å². The molecule has 0 spiro atoms. The number of hydrogen-bond acceptors (Lipinski definition) is 10. The summed E-state index contributed by atoms with van der Waals surface area (Å²) in [6.45, 7) is 4.65. The van der Waals surface area contributed by atoms with E-state index >= 15 is 0 Å². The number of aromatic nitrogens is 3. The van der Waals surface area contributed by atoms with Gasteiger partial charge in [-0.25, -0.2) is 0 Å². The minimum atomic E-state index is -0.973. The van der Waals surface area contributed by atoms with Crippen LogP contribution in [0.4, 0.5) is 5.13 Å². The van der Waals surface area contributed by atoms with Gasteiger partial charge in [0.05, 0.1) is 25.3 Å². The summed E-state index contributed by atoms with van der Waals surface area (Å²) in [5, 5.41) is 20.2. The lowest BCUT2D eigenvalue weighted by atomic mass is 9.95. The number of aliphatic hydroxyl groups excluding tert-OH is 1. The number of hydrogen-bond donors (Lipinski definition) is 1. The van der Waals surface area contributed by atoms with Crippen LogP contribution in [0.1, 0.15) is 48.1 Å². The number of amides is 1. The highest BCUT2D eigenvalue weighted by Crippen LogP contribution is 2.45. The molecule has 9 nitrogen and oxygen atoms in total. The highest BCUT2D eigenvalue weighted by molar-refractivity contribution is 8.00. The summed E-state index contributed by atoms with van der Waals surface area (Å²) in [5.41, 5.74) is 3.17. The van der Waals surface area contributed by atoms with Crippen molar-refractivity contribution in [2.75, 3.05) is 18.6 Å². The second-order valence-electron chi connectivity index (χ2n) is 9.64. The summed E-state index contributed by atoms with van der Waals surface area (Å²) in [7, 11) is 1.53. The number of aliphatic hydroxyl groups is 1. The van der Waals surface area contributed by atoms with Crippen LogP contribution in [0.15, 0.2) is 76.9 Å². The number of carbonyl (C=O) groups excluding carboxylic acids is 2. The molecule has 1 aliphatic heterocycles. The zero-order valence-corrected chi connectivity index (χ0v) is 25.1. The van der Waals surface area contributed by atoms with Crippen LogP contribution >= 0.6 is 23.1 Å². The molecular formula is C31H30N4O5S2. The van der Waals surface area contributed by atoms with E-state index < -0.39 is 17.7 Å². The first-order valence-electron chi connectivity index (χ1n) is 13.4. The first-order chi connectivity index (χ1) is 20.4. The molecule has 42 heavy (non-hydrogen) atoms. The van der Waals surface area contributed by atoms with Crippen LogP contribution in [0.3, 0.4) is 0 Å². The van der Waals surface area contributed by atoms with Crippen LogP contribution in [-0.2, 0) is 15.3 Å². The van der Waals surface area contributed by atoms with Crippen LogP contribution in [0.5, 0.6) is 11.5 Å². The number of benzene rings is 2. The molecule has 0 bridgehead atoms. The molecule has 1 fully saturated rings. The maximum Gasteiger partial charge on any atom is 0.301 e. The lowest BCUT2D eigenvalue weighted by Crippen LogP contribution is -2.29. The van der Waals surface area contributed by atoms with Crippen LogP contribution < -0.4 is 14.4 Å². The molecule has 3 heterocycles. The Morgan fingerprint density at radius 3 is 2.52 bits per heavy atom. The molecule has 2 aromatic heterocycles. The van der Waals surface area contributed by atoms with E-state index in [-0.39, 0.29) is 16.5 Å². The molecule has 0 saturated carbocycles. The molecule has 0 aliphatic carbocycles. The third kappa shape index (κ3) is 6.17. The van der Waals surface area contributed by atoms with Crippen molar-refractivity contribution in [1.82, 2.24) is 15.2 Å². The Morgan fingerprint density at radius 1 is 1.05 bits per heavy atom. The summed E-state index contributed by atoms with van der Waals surface area (Å²) < 4.78 is 12.2. The molecule has 0 radical (unpaired) electrons. The monoisotopic (exact) mass is 602 g/mol. The minimum Gasteiger partial charge on any atom is -0.507 e. The van der Waals surface area contributed by atoms with Gasteiger partial charge >= 0.3 is 5.91 Å². The highest BCUT2D eigenvalue weighted by Gasteiger charge is 2.48. The van der Waals surface area contributed by atoms with Gasteiger partial charge in [-0.15, -0.1) is 10.2 Å². The Morgan fingerprint density at radius 2 is 1.81 bits per heavy atom. The zero-order chi connectivity index (χ0) is 29.6. The van der Waals surface area contributed by atoms with E-state index in [4.69, 9.17) is 9.47 Å². The van der Waals surface area contributed by atoms with Crippen molar-refractivity contribution in [3.63, 3.8) is 0 Å². The molecule has 5 rings (SSSR count). The van der Waals surface area contributed by atoms with Crippen molar-refractivity contribution < 1.29 is 24.2 Å². The molecule has 1 atom stereocenters. The smallest absolute Gasteiger partial charge is 0.301 e. The van der Waals surface area contributed by atoms with Crippen LogP contribution in [0.2, 0.25) is 0 Å². The minimum absolute atomic E-state index is 0.0584. The van der Waals surface area contributed by atoms with Crippen LogP contribution in [0, 0.1) is 6.92 Å². The van der Waals surface area contributed by atoms with Gasteiger partial charge in [-0.05, 0) is 48.7 Å². The number of rotatable bonds is 11. The predicted octanol–water partition coefficient (Wildman–Crippen LogP) is 6.35. The zero-order valence-electron chi connectivity index (χ0n) is 23.4. The molecule has 11 heteroatoms. The Kier molecular flexibility index (Phi) is 9.19. The maximum absolute atomic E-state index is 13.5. The van der Waals surface area contributed by atoms with Crippen molar-refractivity contribution in [3.05, 3.63) is 94.8 Å². The van der Waals surface area contributed by atoms with Gasteiger partial charge in [0.25, 0.3) is 5.78 Å². The molecule has 1 N–H and O–H groups in total. The number of anilines is 1. The molecule has 4 aromatic rings. The fourth-order valence-corrected chi connectivity index (χ4v) is 6.32. The van der Waals surface area contributed by atoms with Crippen molar-refractivity contribution in [3.8, 4) is 11.5 Å². The third-order valence-electron chi connectivity index (χ3n) is 6.74. The Bertz CT molecular complexity index is 1610. The standard InChI is InChI=1S/C31H30N4O5S2/c1-4-5-16-40-23-11-10-22(17-24(23)39-3)26-25(27(36)21-12-14-32-15-13-21)28(37)29(38)35(26)30-33-34-31(42-30)41-18-20-8-6-19(2)7-9-20/h6-15,17,26,36H,4-5,16,18H2,1-3H3/b27-25+. The molecule has 216 valence electrons. The predicted molar refractivity (Wildman–Crippen MR) is 163 cm³/mol. The number of unbranched alkanes of at least 4 members (excludes halogenated alkanes) is 1. The topological polar surface area (TPSA) is 115 Å². The second-order valence-corrected chi connectivity index (χ2v) is 11.8. The van der Waals surface area contributed by atoms with Crippen molar-refractivity contribution >= 4 is 45.7 Å². The maximum atomic E-state index is 13.5. The van der Waals surface area contributed by atoms with Gasteiger partial charge in [0, 0.05) is 23.7 Å². The Balaban J connectivity index is 1.54. The van der Waals surface area contributed by atoms with Gasteiger partial charge in [0.15, 0.2) is 15.8 Å². The van der Waals surface area contributed by atoms with E-state index in [1.165, 1.54) is 53.1 Å². The van der Waals surface area contributed by atoms with E-state index in [1.807, 2.05) is 6.92 Å². The summed E-state index contributed by atoms with van der Waals surface area (Å²) in [4.78, 5) is 32.3. The quantitative estimate of drug-likeness (QED) is 0.0524. The van der Waals surface area contributed by atoms with Gasteiger partial charge in [-0.3, -0.25) is 19.5 Å². The number of ketones is 1. The molecule has 1 amide bonds. The van der Waals surface area contributed by atoms with Crippen LogP contribution in [-0.4, -0.2) is 45.7 Å². The van der Waals surface area contributed by atoms with E-state index in [2.05, 4.69) is 46.4 Å². The number of carbonyl (C=O) groups is 2. The summed E-state index contributed by atoms with van der Waals surface area (Å²) in [5.74, 6) is -0.250. The molecule has 1 saturated heterocycles. The number of nitrogens with zero attached hydrogens (tertiary/aromatic N) is 4. The van der Waals surface area contributed by atoms with Crippen molar-refractivity contribution in [1.29, 1.82) is 0 Å². The lowest BCUT2D eigenvalue weighted by Gasteiger charge is -2.23. The summed E-state index contributed by atoms with van der Waals surface area (Å²) in [6, 6.07) is 15.6. The van der Waals surface area contributed by atoms with E-state index in [0.29, 0.717) is 39.3 Å². The van der Waals surface area contributed by atoms with Gasteiger partial charge in [0.1, 0.15) is 5.76 Å². The Hall–Kier alpha value is -4.22. The average Bonchev–Trinajstić information content (AvgIpc) is 3.59. The van der Waals surface area contributed by atoms with Gasteiger partial charge < -0.3 is 14.6 Å². The average molecular weight is 603 g/mol. The SMILES string of the molecule is CCCCOc1ccc(C2/C(=C(\O)c3ccncc3)C(=O)C(=O)N2c2nnc(SCc3ccc(C)cc3)s2)cc1OC. The largest absolute Gasteiger partial charge is 0.507 e. The fraction of sp³-hybridized carbons (Fsp3) is 0.258. The summed E-state index contributed by atoms with van der Waals surface area (Å²) in [6.07, 6.45) is 4.89. The van der Waals surface area contributed by atoms with Crippen molar-refractivity contribution in [2.24, 2.45) is 0 Å². The molecule has 1 aliphatic rings. The fourth-order valence-electron chi connectivity index (χ4n) is 4.50. The molecule has 1 unspecified atom stereocenters. The van der Waals surface area contributed by atoms with Gasteiger partial charge in [-0.2, -0.15) is 0 Å². The summed E-state index contributed by atoms with van der Waals surface area (Å²) >= 11 is 2.71. The number of ether oxygens (including phenoxy) is 2. The van der Waals surface area contributed by atoms with Gasteiger partial charge in [-0.1, -0.05) is 72.3 Å². The number of aryl methyl sites for hydroxylation is 1. The number of Topliss-reactive ketones (excluding diaryl/α,β-unsaturated/α-hetero) is 1. The first-order valence-corrected chi connectivity index (χ1v) is 15.3. The van der Waals surface area contributed by atoms with E-state index in [9.17, 15) is 14.7 Å². The van der Waals surface area contributed by atoms with Gasteiger partial charge in [0.2, 0.25) is 5.13 Å². The highest BCUT2D eigenvalue weighted by atomic mass is 32.2. The number of pyridine rings is 1. The normalized spacial score (nSPS) is 16.2. The molecular weight excluding hydrogens is 572 g/mol. The second kappa shape index (κ2) is 13.2. The lowest BCUT2D eigenvalue weighted by molar-refractivity contribution is -0.132. The Labute approximate surface area is 252 Å². The first kappa shape index (κ1) is 29.3. The number of thioether (sulfide) groups is 1. The van der Waals surface area contributed by atoms with Crippen molar-refractivity contribution in [2.45, 2.75) is 42.8 Å². The number of methoxy groups -OCH3 is 1. The van der Waals surface area contributed by atoms with E-state index in [1.54, 1.807) is 30.3 Å².